The molecule has 1 aromatic heterocycles. The van der Waals surface area contributed by atoms with E-state index in [2.05, 4.69) is 16.1 Å². The molecule has 4 nitrogen and oxygen atoms in total. The summed E-state index contributed by atoms with van der Waals surface area (Å²) < 4.78 is 27.8. The molecule has 0 saturated carbocycles. The second-order valence-corrected chi connectivity index (χ2v) is 8.83. The predicted molar refractivity (Wildman–Crippen MR) is 105 cm³/mol. The molecule has 25 heavy (non-hydrogen) atoms. The molecular formula is C19H20N2O2S2. The highest BCUT2D eigenvalue weighted by Crippen LogP contribution is 2.25. The summed E-state index contributed by atoms with van der Waals surface area (Å²) in [6.45, 7) is 4.05. The maximum absolute atomic E-state index is 12.4. The van der Waals surface area contributed by atoms with Crippen LogP contribution >= 0.6 is 11.3 Å². The Labute approximate surface area is 152 Å². The molecule has 0 aliphatic carbocycles. The number of benzene rings is 2. The maximum Gasteiger partial charge on any atom is 0.271 e. The van der Waals surface area contributed by atoms with E-state index in [1.807, 2.05) is 50.2 Å². The lowest BCUT2D eigenvalue weighted by molar-refractivity contribution is 0.603. The Morgan fingerprint density at radius 3 is 2.28 bits per heavy atom. The van der Waals surface area contributed by atoms with Crippen LogP contribution in [0.15, 0.2) is 64.9 Å². The Balaban J connectivity index is 1.72. The normalized spacial score (nSPS) is 11.3. The van der Waals surface area contributed by atoms with Gasteiger partial charge in [-0.2, -0.15) is 0 Å². The molecule has 3 aromatic rings. The molecule has 130 valence electrons. The van der Waals surface area contributed by atoms with Crippen LogP contribution in [-0.2, 0) is 16.4 Å². The van der Waals surface area contributed by atoms with Crippen LogP contribution in [0.3, 0.4) is 0 Å². The summed E-state index contributed by atoms with van der Waals surface area (Å²) in [4.78, 5) is 1.05. The summed E-state index contributed by atoms with van der Waals surface area (Å²) in [5.41, 5.74) is 3.62. The van der Waals surface area contributed by atoms with Crippen molar-refractivity contribution < 1.29 is 8.42 Å². The molecule has 0 atom stereocenters. The number of sulfonamides is 1. The fraction of sp³-hybridized carbons (Fsp3) is 0.158. The van der Waals surface area contributed by atoms with Crippen LogP contribution in [0.4, 0.5) is 17.1 Å². The summed E-state index contributed by atoms with van der Waals surface area (Å²) in [6, 6.07) is 18.8. The van der Waals surface area contributed by atoms with Crippen LogP contribution in [0.5, 0.6) is 0 Å². The van der Waals surface area contributed by atoms with E-state index in [-0.39, 0.29) is 0 Å². The summed E-state index contributed by atoms with van der Waals surface area (Å²) >= 11 is 1.30. The smallest absolute Gasteiger partial charge is 0.271 e. The van der Waals surface area contributed by atoms with Gasteiger partial charge in [0, 0.05) is 21.9 Å². The number of thiophene rings is 1. The molecule has 0 aliphatic heterocycles. The van der Waals surface area contributed by atoms with Crippen molar-refractivity contribution in [2.24, 2.45) is 0 Å². The SMILES string of the molecule is CCc1ccc(S(=O)(=O)Nc2ccc(Nc3cccc(C)c3)cc2)s1. The Kier molecular flexibility index (Phi) is 5.11. The number of nitrogens with one attached hydrogen (secondary N) is 2. The first-order valence-electron chi connectivity index (χ1n) is 8.01. The van der Waals surface area contributed by atoms with Gasteiger partial charge in [-0.25, -0.2) is 8.42 Å². The largest absolute Gasteiger partial charge is 0.356 e. The van der Waals surface area contributed by atoms with E-state index in [1.54, 1.807) is 18.2 Å². The van der Waals surface area contributed by atoms with Crippen LogP contribution in [0.25, 0.3) is 0 Å². The zero-order valence-electron chi connectivity index (χ0n) is 14.1. The fourth-order valence-electron chi connectivity index (χ4n) is 2.41. The van der Waals surface area contributed by atoms with E-state index in [0.717, 1.165) is 22.7 Å². The highest BCUT2D eigenvalue weighted by molar-refractivity contribution is 7.94. The van der Waals surface area contributed by atoms with Crippen LogP contribution in [0, 0.1) is 6.92 Å². The van der Waals surface area contributed by atoms with E-state index in [0.29, 0.717) is 9.90 Å². The van der Waals surface area contributed by atoms with Crippen molar-refractivity contribution in [2.75, 3.05) is 10.0 Å². The molecule has 0 bridgehead atoms. The molecule has 2 N–H and O–H groups in total. The van der Waals surface area contributed by atoms with Gasteiger partial charge in [0.1, 0.15) is 4.21 Å². The molecule has 6 heteroatoms. The Morgan fingerprint density at radius 1 is 0.920 bits per heavy atom. The van der Waals surface area contributed by atoms with Crippen molar-refractivity contribution in [3.8, 4) is 0 Å². The van der Waals surface area contributed by atoms with Gasteiger partial charge in [-0.05, 0) is 67.4 Å². The minimum atomic E-state index is -3.53. The lowest BCUT2D eigenvalue weighted by Gasteiger charge is -2.10. The highest BCUT2D eigenvalue weighted by atomic mass is 32.2. The van der Waals surface area contributed by atoms with Crippen molar-refractivity contribution in [2.45, 2.75) is 24.5 Å². The predicted octanol–water partition coefficient (Wildman–Crippen LogP) is 5.16. The molecule has 0 radical (unpaired) electrons. The zero-order valence-corrected chi connectivity index (χ0v) is 15.7. The van der Waals surface area contributed by atoms with Crippen LogP contribution in [0.2, 0.25) is 0 Å². The van der Waals surface area contributed by atoms with E-state index in [9.17, 15) is 8.42 Å². The van der Waals surface area contributed by atoms with Gasteiger partial charge in [0.15, 0.2) is 0 Å². The van der Waals surface area contributed by atoms with E-state index in [4.69, 9.17) is 0 Å². The number of rotatable bonds is 6. The number of aryl methyl sites for hydroxylation is 2. The summed E-state index contributed by atoms with van der Waals surface area (Å²) in [7, 11) is -3.53. The standard InChI is InChI=1S/C19H20N2O2S2/c1-3-18-11-12-19(24-18)25(22,23)21-16-9-7-15(8-10-16)20-17-6-4-5-14(2)13-17/h4-13,20-21H,3H2,1-2H3. The summed E-state index contributed by atoms with van der Waals surface area (Å²) in [5, 5.41) is 3.30. The van der Waals surface area contributed by atoms with Gasteiger partial charge in [-0.15, -0.1) is 11.3 Å². The molecule has 3 rings (SSSR count). The van der Waals surface area contributed by atoms with Gasteiger partial charge in [-0.3, -0.25) is 4.72 Å². The Morgan fingerprint density at radius 2 is 1.64 bits per heavy atom. The quantitative estimate of drug-likeness (QED) is 0.628. The molecule has 2 aromatic carbocycles. The number of anilines is 3. The average molecular weight is 373 g/mol. The van der Waals surface area contributed by atoms with Crippen LogP contribution < -0.4 is 10.0 Å². The van der Waals surface area contributed by atoms with Crippen molar-refractivity contribution in [1.29, 1.82) is 0 Å². The second kappa shape index (κ2) is 7.29. The molecule has 1 heterocycles. The first-order chi connectivity index (χ1) is 12.0. The Hall–Kier alpha value is -2.31. The van der Waals surface area contributed by atoms with Gasteiger partial charge in [-0.1, -0.05) is 19.1 Å². The van der Waals surface area contributed by atoms with Crippen molar-refractivity contribution in [3.63, 3.8) is 0 Å². The minimum absolute atomic E-state index is 0.339. The topological polar surface area (TPSA) is 58.2 Å². The third kappa shape index (κ3) is 4.41. The Bertz CT molecular complexity index is 961. The molecule has 0 aliphatic rings. The van der Waals surface area contributed by atoms with Crippen LogP contribution in [0.1, 0.15) is 17.4 Å². The van der Waals surface area contributed by atoms with E-state index >= 15 is 0 Å². The van der Waals surface area contributed by atoms with Crippen molar-refractivity contribution >= 4 is 38.4 Å². The number of hydrogen-bond acceptors (Lipinski definition) is 4. The molecule has 0 spiro atoms. The minimum Gasteiger partial charge on any atom is -0.356 e. The molecular weight excluding hydrogens is 352 g/mol. The summed E-state index contributed by atoms with van der Waals surface area (Å²) in [6.07, 6.45) is 0.833. The lowest BCUT2D eigenvalue weighted by atomic mass is 10.2. The summed E-state index contributed by atoms with van der Waals surface area (Å²) in [5.74, 6) is 0. The molecule has 0 fully saturated rings. The average Bonchev–Trinajstić information content (AvgIpc) is 3.07. The lowest BCUT2D eigenvalue weighted by Crippen LogP contribution is -2.11. The fourth-order valence-corrected chi connectivity index (χ4v) is 4.76. The molecule has 0 unspecified atom stereocenters. The number of hydrogen-bond donors (Lipinski definition) is 2. The monoisotopic (exact) mass is 372 g/mol. The van der Waals surface area contributed by atoms with Crippen molar-refractivity contribution in [1.82, 2.24) is 0 Å². The van der Waals surface area contributed by atoms with Gasteiger partial charge >= 0.3 is 0 Å². The first-order valence-corrected chi connectivity index (χ1v) is 10.3. The second-order valence-electron chi connectivity index (χ2n) is 5.75. The van der Waals surface area contributed by atoms with Crippen molar-refractivity contribution in [3.05, 3.63) is 71.1 Å². The van der Waals surface area contributed by atoms with E-state index in [1.165, 1.54) is 16.9 Å². The third-order valence-corrected chi connectivity index (χ3v) is 6.80. The highest BCUT2D eigenvalue weighted by Gasteiger charge is 2.16. The van der Waals surface area contributed by atoms with Gasteiger partial charge in [0.2, 0.25) is 0 Å². The molecule has 0 amide bonds. The first kappa shape index (κ1) is 17.5. The zero-order chi connectivity index (χ0) is 17.9. The van der Waals surface area contributed by atoms with Gasteiger partial charge < -0.3 is 5.32 Å². The maximum atomic E-state index is 12.4. The molecule has 0 saturated heterocycles. The van der Waals surface area contributed by atoms with E-state index < -0.39 is 10.0 Å². The van der Waals surface area contributed by atoms with Gasteiger partial charge in [0.25, 0.3) is 10.0 Å². The third-order valence-electron chi connectivity index (χ3n) is 3.69. The van der Waals surface area contributed by atoms with Crippen LogP contribution in [-0.4, -0.2) is 8.42 Å². The van der Waals surface area contributed by atoms with Gasteiger partial charge in [0.05, 0.1) is 0 Å².